The molecule has 0 saturated heterocycles. The Balaban J connectivity index is 2.10. The molecular formula is C12H10BrClN2S. The summed E-state index contributed by atoms with van der Waals surface area (Å²) in [4.78, 5) is 5.01. The quantitative estimate of drug-likeness (QED) is 0.671. The first kappa shape index (κ1) is 12.7. The highest BCUT2D eigenvalue weighted by molar-refractivity contribution is 9.10. The van der Waals surface area contributed by atoms with E-state index in [-0.39, 0.29) is 0 Å². The van der Waals surface area contributed by atoms with Gasteiger partial charge >= 0.3 is 0 Å². The number of hydrogen-bond acceptors (Lipinski definition) is 3. The molecule has 0 spiro atoms. The molecule has 2 rings (SSSR count). The lowest BCUT2D eigenvalue weighted by atomic mass is 10.3. The van der Waals surface area contributed by atoms with Crippen LogP contribution in [0.15, 0.2) is 46.0 Å². The average Bonchev–Trinajstić information content (AvgIpc) is 2.30. The van der Waals surface area contributed by atoms with Crippen LogP contribution < -0.4 is 5.73 Å². The monoisotopic (exact) mass is 328 g/mol. The summed E-state index contributed by atoms with van der Waals surface area (Å²) in [6.07, 6.45) is 3.40. The minimum absolute atomic E-state index is 0.690. The second kappa shape index (κ2) is 5.76. The Morgan fingerprint density at radius 1 is 1.35 bits per heavy atom. The van der Waals surface area contributed by atoms with Crippen LogP contribution >= 0.6 is 39.3 Å². The summed E-state index contributed by atoms with van der Waals surface area (Å²) in [5.74, 6) is 0.785. The summed E-state index contributed by atoms with van der Waals surface area (Å²) in [6.45, 7) is 0. The third-order valence-electron chi connectivity index (χ3n) is 2.21. The first-order chi connectivity index (χ1) is 8.16. The van der Waals surface area contributed by atoms with Crippen LogP contribution in [0.5, 0.6) is 0 Å². The fourth-order valence-corrected chi connectivity index (χ4v) is 2.92. The second-order valence-corrected chi connectivity index (χ2v) is 5.78. The molecule has 1 heterocycles. The Morgan fingerprint density at radius 3 is 2.88 bits per heavy atom. The highest BCUT2D eigenvalue weighted by Crippen LogP contribution is 2.31. The number of thioether (sulfide) groups is 1. The minimum Gasteiger partial charge on any atom is -0.398 e. The highest BCUT2D eigenvalue weighted by Gasteiger charge is 2.04. The molecule has 1 aromatic carbocycles. The summed E-state index contributed by atoms with van der Waals surface area (Å²) in [7, 11) is 0. The molecule has 1 aromatic heterocycles. The van der Waals surface area contributed by atoms with E-state index >= 15 is 0 Å². The van der Waals surface area contributed by atoms with Crippen LogP contribution in [0.1, 0.15) is 5.56 Å². The van der Waals surface area contributed by atoms with Crippen LogP contribution in [0.4, 0.5) is 5.69 Å². The Labute approximate surface area is 118 Å². The van der Waals surface area contributed by atoms with E-state index in [0.717, 1.165) is 26.4 Å². The van der Waals surface area contributed by atoms with Crippen molar-refractivity contribution in [2.24, 2.45) is 0 Å². The Hall–Kier alpha value is -0.710. The fourth-order valence-electron chi connectivity index (χ4n) is 1.33. The normalized spacial score (nSPS) is 10.5. The van der Waals surface area contributed by atoms with Crippen molar-refractivity contribution in [1.82, 2.24) is 4.98 Å². The summed E-state index contributed by atoms with van der Waals surface area (Å²) >= 11 is 11.1. The van der Waals surface area contributed by atoms with E-state index in [1.54, 1.807) is 24.2 Å². The second-order valence-electron chi connectivity index (χ2n) is 3.44. The van der Waals surface area contributed by atoms with Gasteiger partial charge in [-0.25, -0.2) is 0 Å². The molecule has 0 radical (unpaired) electrons. The maximum absolute atomic E-state index is 6.04. The van der Waals surface area contributed by atoms with Gasteiger partial charge in [0, 0.05) is 33.2 Å². The van der Waals surface area contributed by atoms with Gasteiger partial charge < -0.3 is 5.73 Å². The summed E-state index contributed by atoms with van der Waals surface area (Å²) < 4.78 is 0.987. The molecule has 0 saturated carbocycles. The van der Waals surface area contributed by atoms with Crippen LogP contribution in [0, 0.1) is 0 Å². The largest absolute Gasteiger partial charge is 0.398 e. The van der Waals surface area contributed by atoms with E-state index in [9.17, 15) is 0 Å². The lowest BCUT2D eigenvalue weighted by Crippen LogP contribution is -1.89. The molecule has 5 heteroatoms. The predicted molar refractivity (Wildman–Crippen MR) is 77.4 cm³/mol. The number of pyridine rings is 1. The molecule has 2 N–H and O–H groups in total. The predicted octanol–water partition coefficient (Wildman–Crippen LogP) is 4.37. The van der Waals surface area contributed by atoms with Gasteiger partial charge in [0.15, 0.2) is 0 Å². The van der Waals surface area contributed by atoms with Crippen molar-refractivity contribution >= 4 is 45.0 Å². The number of halogens is 2. The third-order valence-corrected chi connectivity index (χ3v) is 4.18. The lowest BCUT2D eigenvalue weighted by molar-refractivity contribution is 1.27. The zero-order chi connectivity index (χ0) is 12.3. The minimum atomic E-state index is 0.690. The zero-order valence-electron chi connectivity index (χ0n) is 8.86. The number of rotatable bonds is 3. The number of nitrogen functional groups attached to an aromatic ring is 1. The van der Waals surface area contributed by atoms with Crippen LogP contribution in [-0.2, 0) is 5.75 Å². The van der Waals surface area contributed by atoms with Gasteiger partial charge in [0.1, 0.15) is 0 Å². The molecule has 0 bridgehead atoms. The molecule has 0 atom stereocenters. The first-order valence-corrected chi connectivity index (χ1v) is 7.08. The highest BCUT2D eigenvalue weighted by atomic mass is 79.9. The van der Waals surface area contributed by atoms with Gasteiger partial charge in [-0.1, -0.05) is 27.5 Å². The number of nitrogens with zero attached hydrogens (tertiary/aromatic N) is 1. The molecule has 17 heavy (non-hydrogen) atoms. The van der Waals surface area contributed by atoms with Crippen molar-refractivity contribution in [2.45, 2.75) is 10.6 Å². The molecule has 0 amide bonds. The SMILES string of the molecule is Nc1cc(Br)ccc1SCc1ccncc1Cl. The Kier molecular flexibility index (Phi) is 4.31. The van der Waals surface area contributed by atoms with E-state index in [1.807, 2.05) is 24.3 Å². The fraction of sp³-hybridized carbons (Fsp3) is 0.0833. The average molecular weight is 330 g/mol. The number of hydrogen-bond donors (Lipinski definition) is 1. The van der Waals surface area contributed by atoms with Crippen molar-refractivity contribution < 1.29 is 0 Å². The van der Waals surface area contributed by atoms with Gasteiger partial charge in [-0.15, -0.1) is 11.8 Å². The van der Waals surface area contributed by atoms with E-state index < -0.39 is 0 Å². The van der Waals surface area contributed by atoms with Crippen molar-refractivity contribution in [2.75, 3.05) is 5.73 Å². The molecular weight excluding hydrogens is 320 g/mol. The first-order valence-electron chi connectivity index (χ1n) is 4.93. The number of aromatic nitrogens is 1. The molecule has 0 aliphatic rings. The van der Waals surface area contributed by atoms with Crippen molar-refractivity contribution in [1.29, 1.82) is 0 Å². The maximum atomic E-state index is 6.04. The van der Waals surface area contributed by atoms with Crippen molar-refractivity contribution in [3.8, 4) is 0 Å². The Morgan fingerprint density at radius 2 is 2.18 bits per heavy atom. The standard InChI is InChI=1S/C12H10BrClN2S/c13-9-1-2-12(11(15)5-9)17-7-8-3-4-16-6-10(8)14/h1-6H,7,15H2. The number of anilines is 1. The van der Waals surface area contributed by atoms with E-state index in [4.69, 9.17) is 17.3 Å². The van der Waals surface area contributed by atoms with Gasteiger partial charge in [0.25, 0.3) is 0 Å². The Bertz CT molecular complexity index is 534. The molecule has 88 valence electrons. The zero-order valence-corrected chi connectivity index (χ0v) is 12.0. The van der Waals surface area contributed by atoms with Crippen LogP contribution in [0.3, 0.4) is 0 Å². The van der Waals surface area contributed by atoms with Crippen LogP contribution in [-0.4, -0.2) is 4.98 Å². The van der Waals surface area contributed by atoms with E-state index in [2.05, 4.69) is 20.9 Å². The van der Waals surface area contributed by atoms with Crippen molar-refractivity contribution in [3.63, 3.8) is 0 Å². The number of benzene rings is 1. The van der Waals surface area contributed by atoms with Gasteiger partial charge in [0.2, 0.25) is 0 Å². The van der Waals surface area contributed by atoms with Gasteiger partial charge in [-0.05, 0) is 29.8 Å². The molecule has 2 nitrogen and oxygen atoms in total. The van der Waals surface area contributed by atoms with Gasteiger partial charge in [-0.3, -0.25) is 4.98 Å². The van der Waals surface area contributed by atoms with E-state index in [0.29, 0.717) is 5.02 Å². The van der Waals surface area contributed by atoms with E-state index in [1.165, 1.54) is 0 Å². The third kappa shape index (κ3) is 3.37. The summed E-state index contributed by atoms with van der Waals surface area (Å²) in [5, 5.41) is 0.690. The molecule has 0 fully saturated rings. The van der Waals surface area contributed by atoms with Crippen LogP contribution in [0.2, 0.25) is 5.02 Å². The lowest BCUT2D eigenvalue weighted by Gasteiger charge is -2.06. The van der Waals surface area contributed by atoms with Crippen LogP contribution in [0.25, 0.3) is 0 Å². The smallest absolute Gasteiger partial charge is 0.0629 e. The van der Waals surface area contributed by atoms with Crippen molar-refractivity contribution in [3.05, 3.63) is 51.7 Å². The molecule has 0 unspecified atom stereocenters. The summed E-state index contributed by atoms with van der Waals surface area (Å²) in [5.41, 5.74) is 7.76. The topological polar surface area (TPSA) is 38.9 Å². The van der Waals surface area contributed by atoms with Gasteiger partial charge in [0.05, 0.1) is 5.02 Å². The summed E-state index contributed by atoms with van der Waals surface area (Å²) in [6, 6.07) is 7.80. The molecule has 2 aromatic rings. The van der Waals surface area contributed by atoms with Gasteiger partial charge in [-0.2, -0.15) is 0 Å². The maximum Gasteiger partial charge on any atom is 0.0629 e. The molecule has 0 aliphatic heterocycles. The molecule has 0 aliphatic carbocycles. The number of nitrogens with two attached hydrogens (primary N) is 1.